The molecule has 0 aromatic heterocycles. The van der Waals surface area contributed by atoms with Gasteiger partial charge in [-0.25, -0.2) is 12.8 Å². The Balaban J connectivity index is 3.21. The van der Waals surface area contributed by atoms with Crippen molar-refractivity contribution < 1.29 is 17.6 Å². The third kappa shape index (κ3) is 2.43. The summed E-state index contributed by atoms with van der Waals surface area (Å²) in [6.45, 7) is 0. The van der Waals surface area contributed by atoms with Crippen LogP contribution in [-0.4, -0.2) is 14.8 Å². The minimum absolute atomic E-state index is 0.154. The maximum atomic E-state index is 13.0. The standard InChI is InChI=1S/C7H5ClFNO3S/c8-14(12,13)7-2-1-5(10-4-11)3-6(7)9/h1-4H,(H,10,11). The lowest BCUT2D eigenvalue weighted by molar-refractivity contribution is -0.105. The molecule has 1 rings (SSSR count). The highest BCUT2D eigenvalue weighted by atomic mass is 35.7. The lowest BCUT2D eigenvalue weighted by Gasteiger charge is -2.01. The Morgan fingerprint density at radius 1 is 1.43 bits per heavy atom. The molecule has 0 aliphatic heterocycles. The molecule has 0 aliphatic rings. The van der Waals surface area contributed by atoms with E-state index >= 15 is 0 Å². The molecule has 0 unspecified atom stereocenters. The highest BCUT2D eigenvalue weighted by molar-refractivity contribution is 8.13. The van der Waals surface area contributed by atoms with E-state index < -0.39 is 19.8 Å². The Bertz CT molecular complexity index is 460. The summed E-state index contributed by atoms with van der Waals surface area (Å²) in [6, 6.07) is 3.07. The molecule has 76 valence electrons. The van der Waals surface area contributed by atoms with Gasteiger partial charge in [0, 0.05) is 16.4 Å². The number of hydrogen-bond donors (Lipinski definition) is 1. The van der Waals surface area contributed by atoms with Crippen LogP contribution in [-0.2, 0) is 13.8 Å². The van der Waals surface area contributed by atoms with Gasteiger partial charge in [0.25, 0.3) is 9.05 Å². The average Bonchev–Trinajstić information content (AvgIpc) is 2.02. The summed E-state index contributed by atoms with van der Waals surface area (Å²) in [5, 5.41) is 2.17. The average molecular weight is 238 g/mol. The summed E-state index contributed by atoms with van der Waals surface area (Å²) in [4.78, 5) is 9.37. The summed E-state index contributed by atoms with van der Waals surface area (Å²) in [5.74, 6) is -1.01. The molecule has 0 heterocycles. The predicted molar refractivity (Wildman–Crippen MR) is 49.1 cm³/mol. The highest BCUT2D eigenvalue weighted by Crippen LogP contribution is 2.21. The molecule has 0 bridgehead atoms. The van der Waals surface area contributed by atoms with Gasteiger partial charge >= 0.3 is 0 Å². The monoisotopic (exact) mass is 237 g/mol. The molecule has 0 radical (unpaired) electrons. The topological polar surface area (TPSA) is 63.2 Å². The van der Waals surface area contributed by atoms with Crippen LogP contribution in [0, 0.1) is 5.82 Å². The number of benzene rings is 1. The van der Waals surface area contributed by atoms with Gasteiger partial charge in [0.2, 0.25) is 6.41 Å². The van der Waals surface area contributed by atoms with E-state index in [1.807, 2.05) is 0 Å². The zero-order valence-corrected chi connectivity index (χ0v) is 8.27. The number of hydrogen-bond acceptors (Lipinski definition) is 3. The fourth-order valence-corrected chi connectivity index (χ4v) is 1.75. The highest BCUT2D eigenvalue weighted by Gasteiger charge is 2.15. The molecule has 7 heteroatoms. The molecule has 0 spiro atoms. The molecule has 0 aliphatic carbocycles. The van der Waals surface area contributed by atoms with Crippen molar-refractivity contribution in [3.63, 3.8) is 0 Å². The van der Waals surface area contributed by atoms with Gasteiger partial charge in [-0.1, -0.05) is 0 Å². The third-order valence-corrected chi connectivity index (χ3v) is 2.78. The van der Waals surface area contributed by atoms with Crippen LogP contribution in [0.2, 0.25) is 0 Å². The second-order valence-corrected chi connectivity index (χ2v) is 4.88. The van der Waals surface area contributed by atoms with Crippen molar-refractivity contribution >= 4 is 31.8 Å². The van der Waals surface area contributed by atoms with Gasteiger partial charge in [0.15, 0.2) is 0 Å². The van der Waals surface area contributed by atoms with E-state index in [2.05, 4.69) is 5.32 Å². The third-order valence-electron chi connectivity index (χ3n) is 1.42. The van der Waals surface area contributed by atoms with E-state index in [1.54, 1.807) is 0 Å². The van der Waals surface area contributed by atoms with E-state index in [9.17, 15) is 17.6 Å². The molecule has 0 saturated heterocycles. The molecule has 0 atom stereocenters. The molecule has 1 amide bonds. The fraction of sp³-hybridized carbons (Fsp3) is 0. The number of anilines is 1. The first kappa shape index (κ1) is 10.9. The maximum absolute atomic E-state index is 13.0. The van der Waals surface area contributed by atoms with Crippen molar-refractivity contribution in [1.82, 2.24) is 0 Å². The number of amides is 1. The van der Waals surface area contributed by atoms with Crippen molar-refractivity contribution in [3.05, 3.63) is 24.0 Å². The van der Waals surface area contributed by atoms with Crippen LogP contribution < -0.4 is 5.32 Å². The van der Waals surface area contributed by atoms with Gasteiger partial charge in [-0.3, -0.25) is 4.79 Å². The normalized spacial score (nSPS) is 11.0. The summed E-state index contributed by atoms with van der Waals surface area (Å²) in [5.41, 5.74) is 0.154. The molecular formula is C7H5ClFNO3S. The SMILES string of the molecule is O=CNc1ccc(S(=O)(=O)Cl)c(F)c1. The number of halogens is 2. The maximum Gasteiger partial charge on any atom is 0.264 e. The van der Waals surface area contributed by atoms with Crippen LogP contribution in [0.5, 0.6) is 0 Å². The van der Waals surface area contributed by atoms with Crippen LogP contribution >= 0.6 is 10.7 Å². The van der Waals surface area contributed by atoms with Crippen molar-refractivity contribution in [3.8, 4) is 0 Å². The van der Waals surface area contributed by atoms with Gasteiger partial charge in [0.05, 0.1) is 0 Å². The number of nitrogens with one attached hydrogen (secondary N) is 1. The summed E-state index contributed by atoms with van der Waals surface area (Å²) < 4.78 is 34.6. The number of carbonyl (C=O) groups excluding carboxylic acids is 1. The zero-order chi connectivity index (χ0) is 10.8. The molecule has 0 saturated carbocycles. The zero-order valence-electron chi connectivity index (χ0n) is 6.70. The summed E-state index contributed by atoms with van der Waals surface area (Å²) in [6.07, 6.45) is 0.351. The first-order chi connectivity index (χ1) is 6.45. The van der Waals surface area contributed by atoms with E-state index in [4.69, 9.17) is 10.7 Å². The Morgan fingerprint density at radius 2 is 2.07 bits per heavy atom. The van der Waals surface area contributed by atoms with Gasteiger partial charge in [-0.2, -0.15) is 0 Å². The predicted octanol–water partition coefficient (Wildman–Crippen LogP) is 1.32. The van der Waals surface area contributed by atoms with Crippen molar-refractivity contribution in [2.75, 3.05) is 5.32 Å². The van der Waals surface area contributed by atoms with E-state index in [0.717, 1.165) is 12.1 Å². The first-order valence-electron chi connectivity index (χ1n) is 3.39. The van der Waals surface area contributed by atoms with Crippen molar-refractivity contribution in [1.29, 1.82) is 0 Å². The molecule has 1 N–H and O–H groups in total. The largest absolute Gasteiger partial charge is 0.329 e. The Labute approximate surface area is 84.1 Å². The molecule has 4 nitrogen and oxygen atoms in total. The molecule has 1 aromatic rings. The molecular weight excluding hydrogens is 233 g/mol. The van der Waals surface area contributed by atoms with Crippen LogP contribution in [0.15, 0.2) is 23.1 Å². The van der Waals surface area contributed by atoms with Crippen molar-refractivity contribution in [2.45, 2.75) is 4.90 Å². The van der Waals surface area contributed by atoms with Crippen LogP contribution in [0.1, 0.15) is 0 Å². The molecule has 1 aromatic carbocycles. The quantitative estimate of drug-likeness (QED) is 0.637. The Morgan fingerprint density at radius 3 is 2.50 bits per heavy atom. The minimum atomic E-state index is -4.08. The van der Waals surface area contributed by atoms with Crippen LogP contribution in [0.25, 0.3) is 0 Å². The van der Waals surface area contributed by atoms with E-state index in [0.29, 0.717) is 6.41 Å². The summed E-state index contributed by atoms with van der Waals surface area (Å²) in [7, 11) is 0.851. The summed E-state index contributed by atoms with van der Waals surface area (Å²) >= 11 is 0. The van der Waals surface area contributed by atoms with E-state index in [1.165, 1.54) is 6.07 Å². The first-order valence-corrected chi connectivity index (χ1v) is 5.70. The van der Waals surface area contributed by atoms with Gasteiger partial charge in [-0.15, -0.1) is 0 Å². The number of rotatable bonds is 3. The second-order valence-electron chi connectivity index (χ2n) is 2.35. The second kappa shape index (κ2) is 3.93. The Hall–Kier alpha value is -1.14. The van der Waals surface area contributed by atoms with Gasteiger partial charge in [-0.05, 0) is 18.2 Å². The Kier molecular flexibility index (Phi) is 3.07. The van der Waals surface area contributed by atoms with Crippen LogP contribution in [0.3, 0.4) is 0 Å². The van der Waals surface area contributed by atoms with E-state index in [-0.39, 0.29) is 5.69 Å². The van der Waals surface area contributed by atoms with Gasteiger partial charge in [0.1, 0.15) is 10.7 Å². The molecule has 0 fully saturated rings. The van der Waals surface area contributed by atoms with Crippen LogP contribution in [0.4, 0.5) is 10.1 Å². The smallest absolute Gasteiger partial charge is 0.264 e. The van der Waals surface area contributed by atoms with Gasteiger partial charge < -0.3 is 5.32 Å². The lowest BCUT2D eigenvalue weighted by Crippen LogP contribution is -1.99. The van der Waals surface area contributed by atoms with Crippen molar-refractivity contribution in [2.24, 2.45) is 0 Å². The minimum Gasteiger partial charge on any atom is -0.329 e. The molecule has 14 heavy (non-hydrogen) atoms. The lowest BCUT2D eigenvalue weighted by atomic mass is 10.3. The fourth-order valence-electron chi connectivity index (χ4n) is 0.856. The number of carbonyl (C=O) groups is 1.